The van der Waals surface area contributed by atoms with Crippen molar-refractivity contribution in [3.63, 3.8) is 0 Å². The van der Waals surface area contributed by atoms with Crippen LogP contribution in [-0.2, 0) is 5.41 Å². The van der Waals surface area contributed by atoms with Crippen LogP contribution in [0.4, 0.5) is 16.2 Å². The van der Waals surface area contributed by atoms with Crippen LogP contribution in [0.25, 0.3) is 0 Å². The van der Waals surface area contributed by atoms with E-state index in [1.807, 2.05) is 18.2 Å². The second-order valence-electron chi connectivity index (χ2n) is 7.25. The maximum atomic E-state index is 11.9. The third kappa shape index (κ3) is 6.23. The zero-order valence-corrected chi connectivity index (χ0v) is 17.7. The first-order chi connectivity index (χ1) is 13.2. The van der Waals surface area contributed by atoms with Crippen molar-refractivity contribution in [3.05, 3.63) is 62.6 Å². The summed E-state index contributed by atoms with van der Waals surface area (Å²) >= 11 is 3.53. The molecule has 0 unspecified atom stereocenters. The lowest BCUT2D eigenvalue weighted by molar-refractivity contribution is -0.383. The van der Waals surface area contributed by atoms with Crippen molar-refractivity contribution in [2.24, 2.45) is 0 Å². The Balaban J connectivity index is 1.76. The molecule has 8 heteroatoms. The first kappa shape index (κ1) is 21.7. The number of hydrogen-bond donors (Lipinski definition) is 2. The molecule has 0 heterocycles. The SMILES string of the molecule is CC(C)(C)c1ccc(OCCCNC(=O)Nc2ccccc2[N+](=O)[O-])c(Br)c1. The van der Waals surface area contributed by atoms with Gasteiger partial charge in [0.15, 0.2) is 0 Å². The van der Waals surface area contributed by atoms with E-state index >= 15 is 0 Å². The fourth-order valence-corrected chi connectivity index (χ4v) is 2.94. The van der Waals surface area contributed by atoms with Gasteiger partial charge in [0.05, 0.1) is 16.0 Å². The van der Waals surface area contributed by atoms with Gasteiger partial charge in [-0.15, -0.1) is 0 Å². The molecule has 2 N–H and O–H groups in total. The van der Waals surface area contributed by atoms with Gasteiger partial charge in [-0.3, -0.25) is 10.1 Å². The van der Waals surface area contributed by atoms with E-state index < -0.39 is 11.0 Å². The highest BCUT2D eigenvalue weighted by molar-refractivity contribution is 9.10. The standard InChI is InChI=1S/C20H24BrN3O4/c1-20(2,3)14-9-10-18(15(21)13-14)28-12-6-11-22-19(25)23-16-7-4-5-8-17(16)24(26)27/h4-5,7-10,13H,6,11-12H2,1-3H3,(H2,22,23,25). The topological polar surface area (TPSA) is 93.5 Å². The smallest absolute Gasteiger partial charge is 0.319 e. The molecule has 2 amide bonds. The van der Waals surface area contributed by atoms with E-state index in [4.69, 9.17) is 4.74 Å². The lowest BCUT2D eigenvalue weighted by Gasteiger charge is -2.20. The van der Waals surface area contributed by atoms with Gasteiger partial charge in [0.1, 0.15) is 11.4 Å². The fourth-order valence-electron chi connectivity index (χ4n) is 2.45. The number of carbonyl (C=O) groups excluding carboxylic acids is 1. The number of nitro groups is 1. The minimum Gasteiger partial charge on any atom is -0.492 e. The minimum atomic E-state index is -0.535. The van der Waals surface area contributed by atoms with Gasteiger partial charge in [-0.1, -0.05) is 39.0 Å². The Hall–Kier alpha value is -2.61. The van der Waals surface area contributed by atoms with Gasteiger partial charge in [-0.2, -0.15) is 0 Å². The molecule has 2 aromatic carbocycles. The van der Waals surface area contributed by atoms with Gasteiger partial charge in [0.25, 0.3) is 5.69 Å². The second kappa shape index (κ2) is 9.54. The van der Waals surface area contributed by atoms with Crippen molar-refractivity contribution in [3.8, 4) is 5.75 Å². The molecule has 0 aliphatic heterocycles. The molecule has 0 spiro atoms. The summed E-state index contributed by atoms with van der Waals surface area (Å²) in [6.45, 7) is 7.26. The maximum absolute atomic E-state index is 11.9. The van der Waals surface area contributed by atoms with Gasteiger partial charge in [0, 0.05) is 12.6 Å². The number of benzene rings is 2. The maximum Gasteiger partial charge on any atom is 0.319 e. The predicted molar refractivity (Wildman–Crippen MR) is 113 cm³/mol. The van der Waals surface area contributed by atoms with Crippen LogP contribution in [-0.4, -0.2) is 24.1 Å². The van der Waals surface area contributed by atoms with E-state index in [9.17, 15) is 14.9 Å². The molecule has 0 atom stereocenters. The summed E-state index contributed by atoms with van der Waals surface area (Å²) in [5.74, 6) is 0.748. The Kier molecular flexibility index (Phi) is 7.39. The number of anilines is 1. The van der Waals surface area contributed by atoms with Crippen LogP contribution in [0, 0.1) is 10.1 Å². The summed E-state index contributed by atoms with van der Waals surface area (Å²) in [7, 11) is 0. The molecule has 0 bridgehead atoms. The molecule has 2 rings (SSSR count). The first-order valence-corrected chi connectivity index (χ1v) is 9.69. The number of amides is 2. The van der Waals surface area contributed by atoms with Crippen molar-refractivity contribution in [2.45, 2.75) is 32.6 Å². The molecule has 28 heavy (non-hydrogen) atoms. The zero-order chi connectivity index (χ0) is 20.7. The van der Waals surface area contributed by atoms with Crippen molar-refractivity contribution >= 4 is 33.3 Å². The highest BCUT2D eigenvalue weighted by Gasteiger charge is 2.16. The summed E-state index contributed by atoms with van der Waals surface area (Å²) in [5.41, 5.74) is 1.28. The van der Waals surface area contributed by atoms with E-state index in [1.165, 1.54) is 17.7 Å². The van der Waals surface area contributed by atoms with Crippen molar-refractivity contribution in [2.75, 3.05) is 18.5 Å². The van der Waals surface area contributed by atoms with E-state index in [0.717, 1.165) is 10.2 Å². The number of nitro benzene ring substituents is 1. The van der Waals surface area contributed by atoms with Crippen LogP contribution in [0.3, 0.4) is 0 Å². The van der Waals surface area contributed by atoms with Gasteiger partial charge < -0.3 is 15.4 Å². The number of ether oxygens (including phenoxy) is 1. The van der Waals surface area contributed by atoms with Crippen LogP contribution in [0.2, 0.25) is 0 Å². The third-order valence-electron chi connectivity index (χ3n) is 4.01. The molecule has 0 fully saturated rings. The number of nitrogens with zero attached hydrogens (tertiary/aromatic N) is 1. The Bertz CT molecular complexity index is 850. The van der Waals surface area contributed by atoms with E-state index in [-0.39, 0.29) is 16.8 Å². The molecule has 0 saturated heterocycles. The normalized spacial score (nSPS) is 11.0. The largest absolute Gasteiger partial charge is 0.492 e. The Labute approximate surface area is 172 Å². The van der Waals surface area contributed by atoms with Gasteiger partial charge in [0.2, 0.25) is 0 Å². The molecular formula is C20H24BrN3O4. The molecule has 0 aliphatic rings. The Morgan fingerprint density at radius 2 is 1.93 bits per heavy atom. The van der Waals surface area contributed by atoms with Crippen molar-refractivity contribution in [1.29, 1.82) is 0 Å². The number of nitrogens with one attached hydrogen (secondary N) is 2. The van der Waals surface area contributed by atoms with E-state index in [2.05, 4.69) is 47.3 Å². The van der Waals surface area contributed by atoms with E-state index in [1.54, 1.807) is 12.1 Å². The molecule has 0 aliphatic carbocycles. The summed E-state index contributed by atoms with van der Waals surface area (Å²) in [6, 6.07) is 11.5. The van der Waals surface area contributed by atoms with Gasteiger partial charge in [-0.05, 0) is 51.5 Å². The second-order valence-corrected chi connectivity index (χ2v) is 8.11. The average molecular weight is 450 g/mol. The number of rotatable bonds is 7. The molecular weight excluding hydrogens is 426 g/mol. The van der Waals surface area contributed by atoms with Crippen LogP contribution in [0.1, 0.15) is 32.8 Å². The zero-order valence-electron chi connectivity index (χ0n) is 16.1. The third-order valence-corrected chi connectivity index (χ3v) is 4.63. The number of halogens is 1. The lowest BCUT2D eigenvalue weighted by atomic mass is 9.87. The predicted octanol–water partition coefficient (Wildman–Crippen LogP) is 5.25. The Morgan fingerprint density at radius 1 is 1.21 bits per heavy atom. The van der Waals surface area contributed by atoms with Crippen LogP contribution in [0.15, 0.2) is 46.9 Å². The van der Waals surface area contributed by atoms with Gasteiger partial charge >= 0.3 is 6.03 Å². The van der Waals surface area contributed by atoms with Crippen molar-refractivity contribution in [1.82, 2.24) is 5.32 Å². The molecule has 7 nitrogen and oxygen atoms in total. The number of carbonyl (C=O) groups is 1. The monoisotopic (exact) mass is 449 g/mol. The van der Waals surface area contributed by atoms with Crippen LogP contribution >= 0.6 is 15.9 Å². The molecule has 150 valence electrons. The lowest BCUT2D eigenvalue weighted by Crippen LogP contribution is -2.30. The summed E-state index contributed by atoms with van der Waals surface area (Å²) < 4.78 is 6.64. The van der Waals surface area contributed by atoms with Crippen molar-refractivity contribution < 1.29 is 14.5 Å². The van der Waals surface area contributed by atoms with Crippen LogP contribution < -0.4 is 15.4 Å². The molecule has 0 aromatic heterocycles. The molecule has 2 aromatic rings. The Morgan fingerprint density at radius 3 is 2.57 bits per heavy atom. The number of hydrogen-bond acceptors (Lipinski definition) is 4. The van der Waals surface area contributed by atoms with Gasteiger partial charge in [-0.25, -0.2) is 4.79 Å². The first-order valence-electron chi connectivity index (χ1n) is 8.89. The summed E-state index contributed by atoms with van der Waals surface area (Å²) in [5, 5.41) is 16.1. The summed E-state index contributed by atoms with van der Waals surface area (Å²) in [6.07, 6.45) is 0.595. The summed E-state index contributed by atoms with van der Waals surface area (Å²) in [4.78, 5) is 22.3. The fraction of sp³-hybridized carbons (Fsp3) is 0.350. The number of urea groups is 1. The highest BCUT2D eigenvalue weighted by Crippen LogP contribution is 2.31. The highest BCUT2D eigenvalue weighted by atomic mass is 79.9. The number of para-hydroxylation sites is 2. The average Bonchev–Trinajstić information content (AvgIpc) is 2.62. The molecule has 0 saturated carbocycles. The van der Waals surface area contributed by atoms with E-state index in [0.29, 0.717) is 19.6 Å². The molecule has 0 radical (unpaired) electrons. The van der Waals surface area contributed by atoms with Crippen LogP contribution in [0.5, 0.6) is 5.75 Å². The quantitative estimate of drug-likeness (QED) is 0.343. The minimum absolute atomic E-state index is 0.0617.